The molecule has 3 aromatic rings. The van der Waals surface area contributed by atoms with E-state index < -0.39 is 5.95 Å². The van der Waals surface area contributed by atoms with Gasteiger partial charge in [-0.2, -0.15) is 9.37 Å². The first-order valence-electron chi connectivity index (χ1n) is 7.93. The summed E-state index contributed by atoms with van der Waals surface area (Å²) in [5.74, 6) is -0.0956. The molecule has 1 aliphatic heterocycles. The highest BCUT2D eigenvalue weighted by molar-refractivity contribution is 9.10. The monoisotopic (exact) mass is 421 g/mol. The van der Waals surface area contributed by atoms with Crippen LogP contribution in [0.3, 0.4) is 0 Å². The van der Waals surface area contributed by atoms with Crippen molar-refractivity contribution in [1.82, 2.24) is 9.97 Å². The van der Waals surface area contributed by atoms with Gasteiger partial charge in [0.15, 0.2) is 0 Å². The van der Waals surface area contributed by atoms with Gasteiger partial charge in [-0.3, -0.25) is 9.10 Å². The Labute approximate surface area is 158 Å². The zero-order valence-corrected chi connectivity index (χ0v) is 16.5. The molecule has 0 saturated heterocycles. The van der Waals surface area contributed by atoms with Crippen molar-refractivity contribution in [2.45, 2.75) is 27.3 Å². The van der Waals surface area contributed by atoms with Crippen LogP contribution < -0.4 is 9.86 Å². The van der Waals surface area contributed by atoms with Gasteiger partial charge in [-0.25, -0.2) is 0 Å². The SMILES string of the molecule is CC.Cc1cc2cc3c(cc2c(=O)[nH]1)CN(S)c1nc(F)c(Br)cc1-3. The number of H-pyrrole nitrogens is 1. The van der Waals surface area contributed by atoms with Gasteiger partial charge in [0.1, 0.15) is 5.82 Å². The normalized spacial score (nSPS) is 12.3. The quantitative estimate of drug-likeness (QED) is 0.396. The van der Waals surface area contributed by atoms with Gasteiger partial charge in [0, 0.05) is 16.6 Å². The predicted octanol–water partition coefficient (Wildman–Crippen LogP) is 4.99. The fraction of sp³-hybridized carbons (Fsp3) is 0.222. The number of hydrogen-bond acceptors (Lipinski definition) is 4. The highest BCUT2D eigenvalue weighted by Crippen LogP contribution is 2.41. The Bertz CT molecular complexity index is 1030. The number of fused-ring (bicyclic) bond motifs is 4. The highest BCUT2D eigenvalue weighted by Gasteiger charge is 2.24. The minimum Gasteiger partial charge on any atom is -0.326 e. The molecule has 7 heteroatoms. The second-order valence-corrected chi connectivity index (χ2v) is 6.91. The molecule has 3 heterocycles. The molecule has 0 atom stereocenters. The van der Waals surface area contributed by atoms with E-state index in [9.17, 15) is 9.18 Å². The van der Waals surface area contributed by atoms with Crippen LogP contribution >= 0.6 is 28.7 Å². The molecule has 1 N–H and O–H groups in total. The molecular formula is C18H17BrFN3OS. The Balaban J connectivity index is 0.000000880. The molecule has 1 aliphatic rings. The van der Waals surface area contributed by atoms with E-state index in [1.54, 1.807) is 10.4 Å². The second-order valence-electron chi connectivity index (χ2n) is 5.57. The molecule has 0 fully saturated rings. The van der Waals surface area contributed by atoms with E-state index in [2.05, 4.69) is 38.7 Å². The lowest BCUT2D eigenvalue weighted by Gasteiger charge is -2.27. The summed E-state index contributed by atoms with van der Waals surface area (Å²) >= 11 is 7.57. The molecule has 25 heavy (non-hydrogen) atoms. The number of aromatic nitrogens is 2. The van der Waals surface area contributed by atoms with Crippen LogP contribution in [0.5, 0.6) is 0 Å². The molecule has 0 radical (unpaired) electrons. The van der Waals surface area contributed by atoms with Crippen LogP contribution in [0.1, 0.15) is 25.1 Å². The Morgan fingerprint density at radius 3 is 2.68 bits per heavy atom. The average molecular weight is 422 g/mol. The molecule has 0 saturated carbocycles. The molecule has 0 unspecified atom stereocenters. The van der Waals surface area contributed by atoms with E-state index in [0.717, 1.165) is 27.8 Å². The zero-order chi connectivity index (χ0) is 18.3. The molecule has 0 bridgehead atoms. The summed E-state index contributed by atoms with van der Waals surface area (Å²) in [5, 5.41) is 1.48. The number of halogens is 2. The topological polar surface area (TPSA) is 49.0 Å². The third kappa shape index (κ3) is 3.06. The predicted molar refractivity (Wildman–Crippen MR) is 107 cm³/mol. The fourth-order valence-electron chi connectivity index (χ4n) is 2.96. The highest BCUT2D eigenvalue weighted by atomic mass is 79.9. The fourth-order valence-corrected chi connectivity index (χ4v) is 3.59. The maximum absolute atomic E-state index is 13.8. The van der Waals surface area contributed by atoms with Gasteiger partial charge < -0.3 is 4.98 Å². The minimum atomic E-state index is -0.570. The largest absolute Gasteiger partial charge is 0.326 e. The summed E-state index contributed by atoms with van der Waals surface area (Å²) < 4.78 is 15.6. The summed E-state index contributed by atoms with van der Waals surface area (Å²) in [5.41, 5.74) is 3.37. The van der Waals surface area contributed by atoms with Crippen LogP contribution in [0, 0.1) is 12.9 Å². The van der Waals surface area contributed by atoms with Crippen molar-refractivity contribution in [3.8, 4) is 11.1 Å². The Kier molecular flexibility index (Phi) is 4.88. The lowest BCUT2D eigenvalue weighted by Crippen LogP contribution is -2.19. The van der Waals surface area contributed by atoms with Crippen LogP contribution in [0.2, 0.25) is 0 Å². The number of aryl methyl sites for hydroxylation is 1. The smallest absolute Gasteiger partial charge is 0.256 e. The third-order valence-corrected chi connectivity index (χ3v) is 4.86. The lowest BCUT2D eigenvalue weighted by molar-refractivity contribution is 0.577. The van der Waals surface area contributed by atoms with Crippen LogP contribution in [-0.2, 0) is 6.54 Å². The van der Waals surface area contributed by atoms with Crippen LogP contribution in [0.25, 0.3) is 21.9 Å². The van der Waals surface area contributed by atoms with Crippen molar-refractivity contribution < 1.29 is 4.39 Å². The summed E-state index contributed by atoms with van der Waals surface area (Å²) in [4.78, 5) is 18.9. The van der Waals surface area contributed by atoms with Crippen molar-refractivity contribution >= 4 is 45.3 Å². The van der Waals surface area contributed by atoms with Crippen LogP contribution in [0.4, 0.5) is 10.2 Å². The molecular weight excluding hydrogens is 405 g/mol. The van der Waals surface area contributed by atoms with E-state index in [-0.39, 0.29) is 5.56 Å². The maximum Gasteiger partial charge on any atom is 0.256 e. The number of anilines is 1. The number of hydrogen-bond donors (Lipinski definition) is 2. The summed E-state index contributed by atoms with van der Waals surface area (Å²) in [7, 11) is 0. The van der Waals surface area contributed by atoms with Gasteiger partial charge in [0.2, 0.25) is 5.95 Å². The third-order valence-electron chi connectivity index (χ3n) is 3.97. The first kappa shape index (κ1) is 17.9. The molecule has 130 valence electrons. The van der Waals surface area contributed by atoms with Crippen LogP contribution in [0.15, 0.2) is 33.5 Å². The van der Waals surface area contributed by atoms with E-state index in [1.165, 1.54) is 0 Å². The van der Waals surface area contributed by atoms with Crippen molar-refractivity contribution in [2.24, 2.45) is 0 Å². The number of nitrogens with zero attached hydrogens (tertiary/aromatic N) is 2. The number of thiol groups is 1. The second kappa shape index (κ2) is 6.80. The molecule has 0 aliphatic carbocycles. The van der Waals surface area contributed by atoms with Gasteiger partial charge in [-0.1, -0.05) is 26.7 Å². The number of rotatable bonds is 0. The first-order chi connectivity index (χ1) is 11.9. The molecule has 0 spiro atoms. The molecule has 0 amide bonds. The van der Waals surface area contributed by atoms with E-state index in [0.29, 0.717) is 22.2 Å². The first-order valence-corrected chi connectivity index (χ1v) is 9.13. The lowest BCUT2D eigenvalue weighted by atomic mass is 9.93. The standard InChI is InChI=1S/C16H11BrFN3OS.C2H6/c1-7-2-8-3-10-9(4-11(8)16(22)19-7)6-21(23)15-12(10)5-13(17)14(18)20-15;1-2/h2-5,23H,6H2,1H3,(H,19,22);1-2H3. The molecule has 4 rings (SSSR count). The van der Waals surface area contributed by atoms with Gasteiger partial charge in [0.05, 0.1) is 11.0 Å². The minimum absolute atomic E-state index is 0.113. The Morgan fingerprint density at radius 1 is 1.24 bits per heavy atom. The number of aromatic amines is 1. The van der Waals surface area contributed by atoms with Gasteiger partial charge in [-0.05, 0) is 63.6 Å². The summed E-state index contributed by atoms with van der Waals surface area (Å²) in [6, 6.07) is 7.45. The summed E-state index contributed by atoms with van der Waals surface area (Å²) in [6.07, 6.45) is 0. The molecule has 2 aromatic heterocycles. The van der Waals surface area contributed by atoms with Gasteiger partial charge in [0.25, 0.3) is 5.56 Å². The zero-order valence-electron chi connectivity index (χ0n) is 14.0. The Hall–Kier alpha value is -1.86. The Morgan fingerprint density at radius 2 is 1.96 bits per heavy atom. The average Bonchev–Trinajstić information content (AvgIpc) is 2.58. The maximum atomic E-state index is 13.8. The van der Waals surface area contributed by atoms with E-state index in [1.807, 2.05) is 39.0 Å². The van der Waals surface area contributed by atoms with Crippen molar-refractivity contribution in [3.63, 3.8) is 0 Å². The summed E-state index contributed by atoms with van der Waals surface area (Å²) in [6.45, 7) is 6.29. The van der Waals surface area contributed by atoms with Crippen molar-refractivity contribution in [1.29, 1.82) is 0 Å². The van der Waals surface area contributed by atoms with Crippen molar-refractivity contribution in [3.05, 3.63) is 56.3 Å². The molecule has 4 nitrogen and oxygen atoms in total. The van der Waals surface area contributed by atoms with Crippen LogP contribution in [-0.4, -0.2) is 9.97 Å². The number of pyridine rings is 2. The van der Waals surface area contributed by atoms with Gasteiger partial charge in [-0.15, -0.1) is 0 Å². The van der Waals surface area contributed by atoms with E-state index in [4.69, 9.17) is 0 Å². The van der Waals surface area contributed by atoms with Crippen molar-refractivity contribution in [2.75, 3.05) is 4.31 Å². The van der Waals surface area contributed by atoms with E-state index >= 15 is 0 Å². The number of benzene rings is 1. The number of nitrogens with one attached hydrogen (secondary N) is 1. The van der Waals surface area contributed by atoms with Gasteiger partial charge >= 0.3 is 0 Å². The molecule has 1 aromatic carbocycles.